The molecule has 1 spiro atoms. The van der Waals surface area contributed by atoms with Gasteiger partial charge in [-0.1, -0.05) is 38.1 Å². The van der Waals surface area contributed by atoms with E-state index in [1.807, 2.05) is 26.0 Å². The molecule has 0 aromatic heterocycles. The minimum Gasteiger partial charge on any atom is -0.467 e. The second-order valence-corrected chi connectivity index (χ2v) is 10.9. The van der Waals surface area contributed by atoms with Gasteiger partial charge in [-0.25, -0.2) is 4.79 Å². The van der Waals surface area contributed by atoms with Crippen LogP contribution in [0, 0.1) is 17.3 Å². The first-order chi connectivity index (χ1) is 15.4. The molecule has 0 amide bonds. The van der Waals surface area contributed by atoms with Gasteiger partial charge >= 0.3 is 11.9 Å². The van der Waals surface area contributed by atoms with E-state index in [0.29, 0.717) is 24.3 Å². The number of hydrogen-bond acceptors (Lipinski definition) is 8. The molecule has 180 valence electrons. The zero-order chi connectivity index (χ0) is 24.2. The summed E-state index contributed by atoms with van der Waals surface area (Å²) < 4.78 is 29.3. The Morgan fingerprint density at radius 1 is 1.09 bits per heavy atom. The lowest BCUT2D eigenvalue weighted by Crippen LogP contribution is -2.60. The number of benzene rings is 1. The average Bonchev–Trinajstić information content (AvgIpc) is 3.12. The molecule has 33 heavy (non-hydrogen) atoms. The van der Waals surface area contributed by atoms with E-state index in [9.17, 15) is 14.4 Å². The molecule has 2 heterocycles. The van der Waals surface area contributed by atoms with Gasteiger partial charge in [0.1, 0.15) is 5.60 Å². The van der Waals surface area contributed by atoms with Crippen molar-refractivity contribution < 1.29 is 38.1 Å². The fourth-order valence-electron chi connectivity index (χ4n) is 5.08. The van der Waals surface area contributed by atoms with E-state index in [4.69, 9.17) is 23.7 Å². The molecule has 1 aromatic carbocycles. The van der Waals surface area contributed by atoms with Gasteiger partial charge in [0.2, 0.25) is 5.79 Å². The van der Waals surface area contributed by atoms with E-state index >= 15 is 0 Å². The summed E-state index contributed by atoms with van der Waals surface area (Å²) in [5.74, 6) is -4.69. The molecule has 1 aliphatic carbocycles. The van der Waals surface area contributed by atoms with Crippen molar-refractivity contribution in [3.63, 3.8) is 0 Å². The van der Waals surface area contributed by atoms with Crippen molar-refractivity contribution in [1.82, 2.24) is 0 Å². The highest BCUT2D eigenvalue weighted by molar-refractivity contribution is 6.05. The monoisotopic (exact) mass is 460 g/mol. The van der Waals surface area contributed by atoms with Crippen molar-refractivity contribution in [3.05, 3.63) is 35.4 Å². The van der Waals surface area contributed by atoms with Gasteiger partial charge in [-0.15, -0.1) is 0 Å². The van der Waals surface area contributed by atoms with Gasteiger partial charge in [0, 0.05) is 16.5 Å². The summed E-state index contributed by atoms with van der Waals surface area (Å²) >= 11 is 0. The SMILES string of the molecule is COC(=O)[C@@]1(CC(=O)OC(C)(C)C)OC[C@@H]2[C@H]1C(=O)c1ccccc1C21OCC(C)(C)CO1. The first-order valence-corrected chi connectivity index (χ1v) is 11.2. The first kappa shape index (κ1) is 23.9. The molecule has 0 saturated carbocycles. The van der Waals surface area contributed by atoms with Gasteiger partial charge in [0.15, 0.2) is 11.4 Å². The fraction of sp³-hybridized carbons (Fsp3) is 0.640. The lowest BCUT2D eigenvalue weighted by atomic mass is 9.65. The topological polar surface area (TPSA) is 97.4 Å². The number of fused-ring (bicyclic) bond motifs is 4. The Balaban J connectivity index is 1.82. The molecule has 4 rings (SSSR count). The number of hydrogen-bond donors (Lipinski definition) is 0. The lowest BCUT2D eigenvalue weighted by Gasteiger charge is -2.50. The molecular formula is C25H32O8. The number of carbonyl (C=O) groups is 3. The fourth-order valence-corrected chi connectivity index (χ4v) is 5.08. The van der Waals surface area contributed by atoms with E-state index in [1.54, 1.807) is 32.9 Å². The highest BCUT2D eigenvalue weighted by atomic mass is 16.7. The normalized spacial score (nSPS) is 29.8. The number of ether oxygens (including phenoxy) is 5. The second-order valence-electron chi connectivity index (χ2n) is 10.9. The summed E-state index contributed by atoms with van der Waals surface area (Å²) in [7, 11) is 1.21. The number of Topliss-reactive ketones (excluding diaryl/α,β-unsaturated/α-hetero) is 1. The molecule has 2 aliphatic heterocycles. The summed E-state index contributed by atoms with van der Waals surface area (Å²) in [6.07, 6.45) is -0.451. The van der Waals surface area contributed by atoms with Crippen LogP contribution < -0.4 is 0 Å². The Kier molecular flexibility index (Phi) is 5.70. The largest absolute Gasteiger partial charge is 0.467 e. The van der Waals surface area contributed by atoms with Crippen LogP contribution in [0.25, 0.3) is 0 Å². The van der Waals surface area contributed by atoms with Crippen molar-refractivity contribution in [2.24, 2.45) is 17.3 Å². The van der Waals surface area contributed by atoms with Crippen LogP contribution in [0.1, 0.15) is 57.0 Å². The average molecular weight is 461 g/mol. The van der Waals surface area contributed by atoms with E-state index < -0.39 is 47.2 Å². The lowest BCUT2D eigenvalue weighted by molar-refractivity contribution is -0.336. The van der Waals surface area contributed by atoms with Crippen LogP contribution >= 0.6 is 0 Å². The van der Waals surface area contributed by atoms with Crippen LogP contribution in [0.4, 0.5) is 0 Å². The van der Waals surface area contributed by atoms with Crippen LogP contribution in [0.15, 0.2) is 24.3 Å². The van der Waals surface area contributed by atoms with Crippen molar-refractivity contribution >= 4 is 17.7 Å². The maximum Gasteiger partial charge on any atom is 0.339 e. The zero-order valence-corrected chi connectivity index (χ0v) is 20.1. The van der Waals surface area contributed by atoms with Crippen LogP contribution in [0.3, 0.4) is 0 Å². The maximum absolute atomic E-state index is 13.8. The standard InChI is InChI=1S/C25H32O8/c1-22(2,3)33-18(26)11-24(21(28)29-6)19-17(12-30-24)25(31-13-23(4,5)14-32-25)16-10-8-7-9-15(16)20(19)27/h7-10,17,19H,11-14H2,1-6H3/t17-,19+,24+/m1/s1. The molecule has 2 fully saturated rings. The summed E-state index contributed by atoms with van der Waals surface area (Å²) in [5.41, 5.74) is -1.81. The van der Waals surface area contributed by atoms with Gasteiger partial charge < -0.3 is 23.7 Å². The van der Waals surface area contributed by atoms with Gasteiger partial charge in [-0.05, 0) is 20.8 Å². The molecular weight excluding hydrogens is 428 g/mol. The predicted molar refractivity (Wildman–Crippen MR) is 116 cm³/mol. The van der Waals surface area contributed by atoms with Crippen molar-refractivity contribution in [2.45, 2.75) is 58.0 Å². The number of carbonyl (C=O) groups excluding carboxylic acids is 3. The van der Waals surface area contributed by atoms with Crippen LogP contribution in [0.2, 0.25) is 0 Å². The quantitative estimate of drug-likeness (QED) is 0.635. The third-order valence-corrected chi connectivity index (χ3v) is 6.48. The second kappa shape index (κ2) is 7.89. The molecule has 3 aliphatic rings. The minimum absolute atomic E-state index is 0.0108. The smallest absolute Gasteiger partial charge is 0.339 e. The minimum atomic E-state index is -1.83. The van der Waals surface area contributed by atoms with E-state index in [0.717, 1.165) is 0 Å². The first-order valence-electron chi connectivity index (χ1n) is 11.2. The molecule has 3 atom stereocenters. The van der Waals surface area contributed by atoms with Crippen molar-refractivity contribution in [2.75, 3.05) is 26.9 Å². The summed E-state index contributed by atoms with van der Waals surface area (Å²) in [5, 5.41) is 0. The molecule has 2 saturated heterocycles. The molecule has 1 aromatic rings. The van der Waals surface area contributed by atoms with Crippen molar-refractivity contribution in [3.8, 4) is 0 Å². The Morgan fingerprint density at radius 3 is 2.33 bits per heavy atom. The van der Waals surface area contributed by atoms with E-state index in [1.165, 1.54) is 7.11 Å². The van der Waals surface area contributed by atoms with Gasteiger partial charge in [-0.3, -0.25) is 9.59 Å². The van der Waals surface area contributed by atoms with Gasteiger partial charge in [0.25, 0.3) is 0 Å². The van der Waals surface area contributed by atoms with E-state index in [-0.39, 0.29) is 17.8 Å². The van der Waals surface area contributed by atoms with Crippen LogP contribution in [0.5, 0.6) is 0 Å². The number of esters is 2. The molecule has 8 heteroatoms. The summed E-state index contributed by atoms with van der Waals surface area (Å²) in [4.78, 5) is 39.8. The Labute approximate surface area is 193 Å². The predicted octanol–water partition coefficient (Wildman–Crippen LogP) is 3.01. The molecule has 0 unspecified atom stereocenters. The Hall–Kier alpha value is -2.29. The maximum atomic E-state index is 13.8. The Morgan fingerprint density at radius 2 is 1.73 bits per heavy atom. The molecule has 8 nitrogen and oxygen atoms in total. The Bertz CT molecular complexity index is 965. The summed E-state index contributed by atoms with van der Waals surface area (Å²) in [6, 6.07) is 7.08. The molecule has 0 N–H and O–H groups in total. The highest BCUT2D eigenvalue weighted by Gasteiger charge is 2.69. The number of rotatable bonds is 3. The molecule has 0 bridgehead atoms. The highest BCUT2D eigenvalue weighted by Crippen LogP contribution is 2.57. The van der Waals surface area contributed by atoms with E-state index in [2.05, 4.69) is 0 Å². The van der Waals surface area contributed by atoms with Crippen molar-refractivity contribution in [1.29, 1.82) is 0 Å². The van der Waals surface area contributed by atoms with Gasteiger partial charge in [-0.2, -0.15) is 0 Å². The summed E-state index contributed by atoms with van der Waals surface area (Å²) in [6.45, 7) is 10.0. The number of methoxy groups -OCH3 is 1. The molecule has 0 radical (unpaired) electrons. The third kappa shape index (κ3) is 3.88. The van der Waals surface area contributed by atoms with Gasteiger partial charge in [0.05, 0.1) is 45.2 Å². The van der Waals surface area contributed by atoms with Crippen LogP contribution in [-0.4, -0.2) is 55.9 Å². The van der Waals surface area contributed by atoms with Crippen LogP contribution in [-0.2, 0) is 39.1 Å². The zero-order valence-electron chi connectivity index (χ0n) is 20.1. The number of ketones is 1. The third-order valence-electron chi connectivity index (χ3n) is 6.48.